The molecule has 2 aliphatic rings. The number of aromatic nitrogens is 2. The minimum absolute atomic E-state index is 0.203. The molecule has 0 atom stereocenters. The van der Waals surface area contributed by atoms with E-state index in [0.717, 1.165) is 25.7 Å². The van der Waals surface area contributed by atoms with Gasteiger partial charge in [-0.25, -0.2) is 9.37 Å². The van der Waals surface area contributed by atoms with Crippen LogP contribution in [0.15, 0.2) is 59.7 Å². The van der Waals surface area contributed by atoms with Gasteiger partial charge in [0.2, 0.25) is 12.2 Å². The molecule has 0 unspecified atom stereocenters. The molecule has 10 nitrogen and oxygen atoms in total. The van der Waals surface area contributed by atoms with Gasteiger partial charge in [0.1, 0.15) is 17.7 Å². The summed E-state index contributed by atoms with van der Waals surface area (Å²) in [6.07, 6.45) is 2.48. The highest BCUT2D eigenvalue weighted by atomic mass is 19.4. The SMILES string of the molecule is C=CC.CNc1ccccc1F.O=CN1CCN(c2ccc(NC(=O)c3oc(OC4CCCCC4)nc3C(F)(F)F)cn2)CC1. The highest BCUT2D eigenvalue weighted by Gasteiger charge is 2.42. The Bertz CT molecular complexity index is 1370. The van der Waals surface area contributed by atoms with E-state index in [9.17, 15) is 27.2 Å². The number of alkyl halides is 3. The van der Waals surface area contributed by atoms with Gasteiger partial charge in [0.25, 0.3) is 5.91 Å². The fourth-order valence-corrected chi connectivity index (χ4v) is 4.58. The number of rotatable bonds is 7. The second-order valence-electron chi connectivity index (χ2n) is 10.2. The summed E-state index contributed by atoms with van der Waals surface area (Å²) in [6.45, 7) is 7.60. The smallest absolute Gasteiger partial charge is 0.437 e. The number of nitrogens with one attached hydrogen (secondary N) is 2. The molecule has 1 saturated heterocycles. The molecule has 2 aromatic heterocycles. The first kappa shape index (κ1) is 34.9. The number of hydrogen-bond acceptors (Lipinski definition) is 8. The van der Waals surface area contributed by atoms with Crippen LogP contribution in [-0.4, -0.2) is 66.5 Å². The average Bonchev–Trinajstić information content (AvgIpc) is 3.48. The van der Waals surface area contributed by atoms with Crippen LogP contribution in [0.2, 0.25) is 0 Å². The van der Waals surface area contributed by atoms with E-state index in [1.165, 1.54) is 18.3 Å². The first-order chi connectivity index (χ1) is 21.6. The van der Waals surface area contributed by atoms with Crippen molar-refractivity contribution in [2.75, 3.05) is 48.8 Å². The van der Waals surface area contributed by atoms with E-state index >= 15 is 0 Å². The highest BCUT2D eigenvalue weighted by Crippen LogP contribution is 2.35. The number of nitrogens with zero attached hydrogens (tertiary/aromatic N) is 4. The molecule has 2 N–H and O–H groups in total. The molecule has 1 aliphatic carbocycles. The van der Waals surface area contributed by atoms with Gasteiger partial charge in [0.15, 0.2) is 5.69 Å². The number of piperazine rings is 1. The second kappa shape index (κ2) is 17.0. The Kier molecular flexibility index (Phi) is 13.2. The normalized spacial score (nSPS) is 15.1. The van der Waals surface area contributed by atoms with E-state index in [1.807, 2.05) is 11.8 Å². The maximum atomic E-state index is 13.5. The minimum Gasteiger partial charge on any atom is -0.447 e. The lowest BCUT2D eigenvalue weighted by Gasteiger charge is -2.33. The summed E-state index contributed by atoms with van der Waals surface area (Å²) >= 11 is 0. The molecule has 3 heterocycles. The van der Waals surface area contributed by atoms with Gasteiger partial charge < -0.3 is 29.6 Å². The van der Waals surface area contributed by atoms with Crippen molar-refractivity contribution in [1.82, 2.24) is 14.9 Å². The van der Waals surface area contributed by atoms with E-state index in [1.54, 1.807) is 42.3 Å². The molecule has 244 valence electrons. The summed E-state index contributed by atoms with van der Waals surface area (Å²) in [4.78, 5) is 34.7. The van der Waals surface area contributed by atoms with Crippen molar-refractivity contribution in [3.05, 3.63) is 72.5 Å². The molecule has 5 rings (SSSR count). The number of benzene rings is 1. The summed E-state index contributed by atoms with van der Waals surface area (Å²) in [5.74, 6) is -1.62. The van der Waals surface area contributed by atoms with Crippen LogP contribution in [-0.2, 0) is 11.0 Å². The summed E-state index contributed by atoms with van der Waals surface area (Å²) in [5.41, 5.74) is -0.685. The van der Waals surface area contributed by atoms with Gasteiger partial charge in [0.05, 0.1) is 17.6 Å². The Hall–Kier alpha value is -4.62. The van der Waals surface area contributed by atoms with Crippen molar-refractivity contribution in [3.8, 4) is 6.08 Å². The minimum atomic E-state index is -4.88. The van der Waals surface area contributed by atoms with Crippen molar-refractivity contribution in [3.63, 3.8) is 0 Å². The third-order valence-corrected chi connectivity index (χ3v) is 6.84. The molecule has 0 radical (unpaired) electrons. The molecule has 0 spiro atoms. The van der Waals surface area contributed by atoms with Crippen LogP contribution in [0.4, 0.5) is 34.8 Å². The van der Waals surface area contributed by atoms with Crippen LogP contribution in [0, 0.1) is 5.82 Å². The van der Waals surface area contributed by atoms with Crippen LogP contribution >= 0.6 is 0 Å². The zero-order valence-corrected chi connectivity index (χ0v) is 25.3. The largest absolute Gasteiger partial charge is 0.447 e. The number of allylic oxidation sites excluding steroid dienone is 1. The van der Waals surface area contributed by atoms with E-state index in [-0.39, 0.29) is 17.6 Å². The van der Waals surface area contributed by atoms with Gasteiger partial charge in [-0.3, -0.25) is 9.59 Å². The quantitative estimate of drug-likeness (QED) is 0.175. The number of oxazole rings is 1. The van der Waals surface area contributed by atoms with E-state index < -0.39 is 29.6 Å². The van der Waals surface area contributed by atoms with E-state index in [2.05, 4.69) is 27.2 Å². The Morgan fingerprint density at radius 3 is 2.29 bits per heavy atom. The van der Waals surface area contributed by atoms with E-state index in [4.69, 9.17) is 9.15 Å². The van der Waals surface area contributed by atoms with Crippen LogP contribution in [0.25, 0.3) is 0 Å². The number of para-hydroxylation sites is 1. The monoisotopic (exact) mass is 634 g/mol. The zero-order valence-electron chi connectivity index (χ0n) is 25.3. The van der Waals surface area contributed by atoms with Crippen LogP contribution in [0.1, 0.15) is 55.3 Å². The van der Waals surface area contributed by atoms with Crippen LogP contribution < -0.4 is 20.3 Å². The molecule has 1 aliphatic heterocycles. The first-order valence-corrected chi connectivity index (χ1v) is 14.5. The number of amides is 2. The fourth-order valence-electron chi connectivity index (χ4n) is 4.58. The molecule has 14 heteroatoms. The van der Waals surface area contributed by atoms with E-state index in [0.29, 0.717) is 50.5 Å². The molecule has 3 aromatic rings. The van der Waals surface area contributed by atoms with Crippen molar-refractivity contribution in [2.45, 2.75) is 51.3 Å². The lowest BCUT2D eigenvalue weighted by Crippen LogP contribution is -2.46. The Balaban J connectivity index is 0.000000387. The molecule has 45 heavy (non-hydrogen) atoms. The third-order valence-electron chi connectivity index (χ3n) is 6.84. The number of carbonyl (C=O) groups is 2. The van der Waals surface area contributed by atoms with Gasteiger partial charge in [0, 0.05) is 33.2 Å². The number of pyridine rings is 1. The van der Waals surface area contributed by atoms with Gasteiger partial charge >= 0.3 is 12.3 Å². The number of ether oxygens (including phenoxy) is 1. The van der Waals surface area contributed by atoms with Gasteiger partial charge in [-0.15, -0.1) is 6.58 Å². The fraction of sp³-hybridized carbons (Fsp3) is 0.419. The average molecular weight is 635 g/mol. The Morgan fingerprint density at radius 2 is 1.76 bits per heavy atom. The van der Waals surface area contributed by atoms with Gasteiger partial charge in [-0.05, 0) is 56.9 Å². The summed E-state index contributed by atoms with van der Waals surface area (Å²) in [5, 5.41) is 5.09. The maximum Gasteiger partial charge on any atom is 0.437 e. The second-order valence-corrected chi connectivity index (χ2v) is 10.2. The number of anilines is 3. The van der Waals surface area contributed by atoms with Crippen molar-refractivity contribution >= 4 is 29.5 Å². The van der Waals surface area contributed by atoms with Gasteiger partial charge in [-0.2, -0.15) is 18.2 Å². The Morgan fingerprint density at radius 1 is 1.09 bits per heavy atom. The number of carbonyl (C=O) groups excluding carboxylic acids is 2. The first-order valence-electron chi connectivity index (χ1n) is 14.5. The van der Waals surface area contributed by atoms with Crippen molar-refractivity contribution in [2.24, 2.45) is 0 Å². The zero-order chi connectivity index (χ0) is 32.8. The third kappa shape index (κ3) is 10.5. The predicted octanol–water partition coefficient (Wildman–Crippen LogP) is 6.39. The standard InChI is InChI=1S/C21H24F3N5O4.C7H8FN.C3H6/c22-21(23,24)18-17(33-20(27-18)32-15-4-2-1-3-5-15)19(31)26-14-6-7-16(25-12-14)29-10-8-28(13-30)9-11-29;1-9-7-5-3-2-4-6(7)8;1-3-2/h6-7,12-13,15H,1-5,8-11H2,(H,26,31);2-5,9H,1H3;3H,1H2,2H3. The summed E-state index contributed by atoms with van der Waals surface area (Å²) < 4.78 is 63.4. The Labute approximate surface area is 259 Å². The molecule has 1 saturated carbocycles. The summed E-state index contributed by atoms with van der Waals surface area (Å²) in [6, 6.07) is 9.75. The molecular weight excluding hydrogens is 596 g/mol. The van der Waals surface area contributed by atoms with Crippen LogP contribution in [0.3, 0.4) is 0 Å². The summed E-state index contributed by atoms with van der Waals surface area (Å²) in [7, 11) is 1.69. The molecule has 2 amide bonds. The van der Waals surface area contributed by atoms with Crippen LogP contribution in [0.5, 0.6) is 6.08 Å². The molecule has 2 fully saturated rings. The van der Waals surface area contributed by atoms with Gasteiger partial charge in [-0.1, -0.05) is 24.6 Å². The number of hydrogen-bond donors (Lipinski definition) is 2. The lowest BCUT2D eigenvalue weighted by molar-refractivity contribution is -0.141. The molecular formula is C31H38F4N6O4. The highest BCUT2D eigenvalue weighted by molar-refractivity contribution is 6.03. The van der Waals surface area contributed by atoms with Crippen molar-refractivity contribution < 1.29 is 36.3 Å². The van der Waals surface area contributed by atoms with Crippen molar-refractivity contribution in [1.29, 1.82) is 0 Å². The maximum absolute atomic E-state index is 13.5. The molecule has 0 bridgehead atoms. The number of halogens is 4. The predicted molar refractivity (Wildman–Crippen MR) is 163 cm³/mol. The lowest BCUT2D eigenvalue weighted by atomic mass is 9.98. The topological polar surface area (TPSA) is 113 Å². The molecule has 1 aromatic carbocycles.